The number of nitrogens with zero attached hydrogens (tertiary/aromatic N) is 4. The van der Waals surface area contributed by atoms with E-state index in [4.69, 9.17) is 9.47 Å². The van der Waals surface area contributed by atoms with Crippen molar-refractivity contribution in [3.63, 3.8) is 0 Å². The van der Waals surface area contributed by atoms with Crippen LogP contribution in [0.2, 0.25) is 0 Å². The molecule has 5 aromatic rings. The molecule has 2 aromatic carbocycles. The number of benzene rings is 2. The molecule has 3 heterocycles. The molecule has 0 saturated carbocycles. The molecule has 0 aliphatic rings. The normalized spacial score (nSPS) is 11.4. The maximum absolute atomic E-state index is 14.2. The number of anilines is 1. The monoisotopic (exact) mass is 608 g/mol. The molecule has 0 bridgehead atoms. The predicted molar refractivity (Wildman–Crippen MR) is 150 cm³/mol. The number of rotatable bonds is 10. The molecule has 14 heteroatoms. The Morgan fingerprint density at radius 3 is 2.57 bits per heavy atom. The fourth-order valence-corrected chi connectivity index (χ4v) is 4.19. The molecule has 0 radical (unpaired) electrons. The Morgan fingerprint density at radius 2 is 1.82 bits per heavy atom. The lowest BCUT2D eigenvalue weighted by Gasteiger charge is -2.12. The molecule has 0 spiro atoms. The number of nitrogens with one attached hydrogen (secondary N) is 2. The lowest BCUT2D eigenvalue weighted by molar-refractivity contribution is -0.137. The van der Waals surface area contributed by atoms with Crippen LogP contribution in [0.15, 0.2) is 79.1 Å². The summed E-state index contributed by atoms with van der Waals surface area (Å²) in [5.41, 5.74) is 0.718. The number of ether oxygens (including phenoxy) is 2. The molecule has 44 heavy (non-hydrogen) atoms. The van der Waals surface area contributed by atoms with Gasteiger partial charge in [-0.1, -0.05) is 30.3 Å². The maximum atomic E-state index is 14.2. The van der Waals surface area contributed by atoms with E-state index in [9.17, 15) is 27.2 Å². The SMILES string of the molecule is COc1ncc(-c2ccc3nc(NC(=O)COCc4ccccc4)cn3n2)cc1C(=O)NCc1cc(C(F)(F)F)ccc1F. The number of pyridine rings is 1. The number of carbonyl (C=O) groups excluding carboxylic acids is 2. The Morgan fingerprint density at radius 1 is 1.02 bits per heavy atom. The lowest BCUT2D eigenvalue weighted by atomic mass is 10.1. The second-order valence-electron chi connectivity index (χ2n) is 9.44. The zero-order chi connectivity index (χ0) is 31.3. The van der Waals surface area contributed by atoms with Gasteiger partial charge in [-0.2, -0.15) is 18.3 Å². The standard InChI is InChI=1S/C30H24F4N6O4/c1-43-29-22(28(42)35-13-19-11-21(30(32,33)34)7-8-23(19)31)12-20(14-36-29)24-9-10-26-37-25(15-40(26)39-24)38-27(41)17-44-16-18-5-3-2-4-6-18/h2-12,14-15H,13,16-17H2,1H3,(H,35,42)(H,38,41). The molecule has 0 unspecified atom stereocenters. The first-order valence-electron chi connectivity index (χ1n) is 13.1. The number of amides is 2. The highest BCUT2D eigenvalue weighted by Crippen LogP contribution is 2.30. The van der Waals surface area contributed by atoms with Crippen LogP contribution >= 0.6 is 0 Å². The van der Waals surface area contributed by atoms with Gasteiger partial charge in [0.25, 0.3) is 11.8 Å². The van der Waals surface area contributed by atoms with Gasteiger partial charge in [-0.3, -0.25) is 9.59 Å². The average molecular weight is 609 g/mol. The summed E-state index contributed by atoms with van der Waals surface area (Å²) in [4.78, 5) is 33.8. The third kappa shape index (κ3) is 7.15. The molecule has 0 atom stereocenters. The summed E-state index contributed by atoms with van der Waals surface area (Å²) in [5, 5.41) is 9.54. The molecule has 0 aliphatic carbocycles. The predicted octanol–water partition coefficient (Wildman–Crippen LogP) is 5.04. The molecule has 0 fully saturated rings. The van der Waals surface area contributed by atoms with E-state index in [-0.39, 0.29) is 36.0 Å². The van der Waals surface area contributed by atoms with Crippen LogP contribution < -0.4 is 15.4 Å². The summed E-state index contributed by atoms with van der Waals surface area (Å²) in [5.74, 6) is -1.86. The number of aromatic nitrogens is 4. The number of halogens is 4. The summed E-state index contributed by atoms with van der Waals surface area (Å²) in [6, 6.07) is 16.1. The van der Waals surface area contributed by atoms with Gasteiger partial charge in [0.1, 0.15) is 18.0 Å². The van der Waals surface area contributed by atoms with E-state index in [1.54, 1.807) is 12.1 Å². The van der Waals surface area contributed by atoms with E-state index in [0.29, 0.717) is 35.1 Å². The van der Waals surface area contributed by atoms with E-state index >= 15 is 0 Å². The number of imidazole rings is 1. The number of methoxy groups -OCH3 is 1. The summed E-state index contributed by atoms with van der Waals surface area (Å²) >= 11 is 0. The molecule has 2 amide bonds. The number of carbonyl (C=O) groups is 2. The maximum Gasteiger partial charge on any atom is 0.416 e. The second-order valence-corrected chi connectivity index (χ2v) is 9.44. The topological polar surface area (TPSA) is 120 Å². The Balaban J connectivity index is 1.28. The van der Waals surface area contributed by atoms with Gasteiger partial charge in [-0.15, -0.1) is 0 Å². The zero-order valence-corrected chi connectivity index (χ0v) is 23.1. The molecule has 2 N–H and O–H groups in total. The molecular formula is C30H24F4N6O4. The van der Waals surface area contributed by atoms with Crippen molar-refractivity contribution in [1.29, 1.82) is 0 Å². The van der Waals surface area contributed by atoms with Crippen molar-refractivity contribution < 1.29 is 36.6 Å². The van der Waals surface area contributed by atoms with Crippen molar-refractivity contribution in [2.75, 3.05) is 19.0 Å². The van der Waals surface area contributed by atoms with Crippen LogP contribution in [-0.4, -0.2) is 45.1 Å². The third-order valence-electron chi connectivity index (χ3n) is 6.33. The first-order valence-corrected chi connectivity index (χ1v) is 13.1. The summed E-state index contributed by atoms with van der Waals surface area (Å²) in [6.45, 7) is -0.403. The quantitative estimate of drug-likeness (QED) is 0.213. The lowest BCUT2D eigenvalue weighted by Crippen LogP contribution is -2.24. The van der Waals surface area contributed by atoms with E-state index in [2.05, 4.69) is 25.7 Å². The minimum absolute atomic E-state index is 0.0478. The van der Waals surface area contributed by atoms with Gasteiger partial charge in [0, 0.05) is 23.9 Å². The average Bonchev–Trinajstić information content (AvgIpc) is 3.41. The minimum atomic E-state index is -4.67. The van der Waals surface area contributed by atoms with Crippen LogP contribution in [0, 0.1) is 5.82 Å². The van der Waals surface area contributed by atoms with Crippen LogP contribution in [-0.2, 0) is 28.9 Å². The first kappa shape index (κ1) is 30.1. The molecule has 3 aromatic heterocycles. The van der Waals surface area contributed by atoms with Crippen molar-refractivity contribution in [1.82, 2.24) is 24.9 Å². The summed E-state index contributed by atoms with van der Waals surface area (Å²) in [6.07, 6.45) is -1.75. The van der Waals surface area contributed by atoms with Gasteiger partial charge in [0.05, 0.1) is 31.2 Å². The summed E-state index contributed by atoms with van der Waals surface area (Å²) in [7, 11) is 1.30. The molecule has 226 valence electrons. The number of fused-ring (bicyclic) bond motifs is 1. The third-order valence-corrected chi connectivity index (χ3v) is 6.33. The largest absolute Gasteiger partial charge is 0.480 e. The second kappa shape index (κ2) is 12.9. The van der Waals surface area contributed by atoms with Crippen LogP contribution in [0.5, 0.6) is 5.88 Å². The van der Waals surface area contributed by atoms with Crippen LogP contribution in [0.25, 0.3) is 16.9 Å². The molecule has 10 nitrogen and oxygen atoms in total. The molecular weight excluding hydrogens is 584 g/mol. The number of alkyl halides is 3. The van der Waals surface area contributed by atoms with E-state index in [0.717, 1.165) is 5.56 Å². The highest BCUT2D eigenvalue weighted by atomic mass is 19.4. The van der Waals surface area contributed by atoms with E-state index in [1.807, 2.05) is 30.3 Å². The summed E-state index contributed by atoms with van der Waals surface area (Å²) < 4.78 is 65.4. The fraction of sp³-hybridized carbons (Fsp3) is 0.167. The highest BCUT2D eigenvalue weighted by molar-refractivity contribution is 5.97. The van der Waals surface area contributed by atoms with Gasteiger partial charge >= 0.3 is 6.18 Å². The molecule has 0 saturated heterocycles. The van der Waals surface area contributed by atoms with Gasteiger partial charge in [-0.25, -0.2) is 18.9 Å². The van der Waals surface area contributed by atoms with Crippen molar-refractivity contribution in [2.24, 2.45) is 0 Å². The molecule has 5 rings (SSSR count). The Bertz CT molecular complexity index is 1810. The van der Waals surface area contributed by atoms with Gasteiger partial charge in [0.2, 0.25) is 5.88 Å². The highest BCUT2D eigenvalue weighted by Gasteiger charge is 2.31. The zero-order valence-electron chi connectivity index (χ0n) is 23.1. The van der Waals surface area contributed by atoms with Gasteiger partial charge in [-0.05, 0) is 42.0 Å². The van der Waals surface area contributed by atoms with Gasteiger partial charge < -0.3 is 20.1 Å². The van der Waals surface area contributed by atoms with Crippen molar-refractivity contribution in [3.05, 3.63) is 107 Å². The van der Waals surface area contributed by atoms with Crippen molar-refractivity contribution in [3.8, 4) is 17.1 Å². The smallest absolute Gasteiger partial charge is 0.416 e. The van der Waals surface area contributed by atoms with Crippen molar-refractivity contribution >= 4 is 23.3 Å². The number of hydrogen-bond acceptors (Lipinski definition) is 7. The van der Waals surface area contributed by atoms with E-state index in [1.165, 1.54) is 30.1 Å². The Labute approximate surface area is 247 Å². The minimum Gasteiger partial charge on any atom is -0.480 e. The van der Waals surface area contributed by atoms with Crippen molar-refractivity contribution in [2.45, 2.75) is 19.3 Å². The molecule has 0 aliphatic heterocycles. The fourth-order valence-electron chi connectivity index (χ4n) is 4.19. The Hall–Kier alpha value is -5.37. The van der Waals surface area contributed by atoms with Crippen LogP contribution in [0.3, 0.4) is 0 Å². The van der Waals surface area contributed by atoms with Gasteiger partial charge in [0.15, 0.2) is 11.5 Å². The van der Waals surface area contributed by atoms with E-state index < -0.39 is 35.9 Å². The van der Waals surface area contributed by atoms with Crippen LogP contribution in [0.4, 0.5) is 23.4 Å². The van der Waals surface area contributed by atoms with Crippen LogP contribution in [0.1, 0.15) is 27.0 Å². The first-order chi connectivity index (χ1) is 21.1. The number of hydrogen-bond donors (Lipinski definition) is 2. The Kier molecular flexibility index (Phi) is 8.81.